The second-order valence-corrected chi connectivity index (χ2v) is 9.19. The van der Waals surface area contributed by atoms with Crippen molar-refractivity contribution >= 4 is 41.3 Å². The zero-order chi connectivity index (χ0) is 28.4. The van der Waals surface area contributed by atoms with Crippen LogP contribution in [-0.2, 0) is 16.1 Å². The number of benzene rings is 2. The average Bonchev–Trinajstić information content (AvgIpc) is 3.42. The van der Waals surface area contributed by atoms with Gasteiger partial charge in [-0.05, 0) is 42.0 Å². The van der Waals surface area contributed by atoms with E-state index >= 15 is 0 Å². The first-order valence-electron chi connectivity index (χ1n) is 11.6. The molecule has 2 aliphatic rings. The smallest absolute Gasteiger partial charge is 0.287 e. The highest BCUT2D eigenvalue weighted by molar-refractivity contribution is 6.31. The predicted molar refractivity (Wildman–Crippen MR) is 135 cm³/mol. The molecule has 3 amide bonds. The number of likely N-dealkylation sites (N-methyl/N-ethyl adjacent to an activating group) is 1. The molecule has 0 aliphatic carbocycles. The van der Waals surface area contributed by atoms with Gasteiger partial charge in [0.15, 0.2) is 5.82 Å². The lowest BCUT2D eigenvalue weighted by Gasteiger charge is -2.27. The largest absolute Gasteiger partial charge is 0.374 e. The van der Waals surface area contributed by atoms with Crippen molar-refractivity contribution in [2.24, 2.45) is 0 Å². The molecular weight excluding hydrogens is 544 g/mol. The summed E-state index contributed by atoms with van der Waals surface area (Å²) in [6.45, 7) is 0.0888. The number of hydrogen-bond donors (Lipinski definition) is 3. The van der Waals surface area contributed by atoms with Crippen molar-refractivity contribution in [3.05, 3.63) is 75.7 Å². The van der Waals surface area contributed by atoms with Gasteiger partial charge in [0.2, 0.25) is 24.6 Å². The van der Waals surface area contributed by atoms with Crippen LogP contribution < -0.4 is 20.9 Å². The summed E-state index contributed by atoms with van der Waals surface area (Å²) in [6, 6.07) is 6.90. The van der Waals surface area contributed by atoms with Gasteiger partial charge in [-0.2, -0.15) is 0 Å². The fraction of sp³-hybridized carbons (Fsp3) is 0.280. The topological polar surface area (TPSA) is 108 Å². The van der Waals surface area contributed by atoms with Crippen LogP contribution in [0.1, 0.15) is 39.4 Å². The first-order chi connectivity index (χ1) is 18.5. The molecule has 14 heteroatoms. The van der Waals surface area contributed by atoms with E-state index in [1.54, 1.807) is 18.0 Å². The molecule has 2 unspecified atom stereocenters. The Hall–Kier alpha value is -4.13. The molecule has 0 fully saturated rings. The highest BCUT2D eigenvalue weighted by Crippen LogP contribution is 2.39. The number of nitrogens with one attached hydrogen (secondary N) is 3. The number of rotatable bonds is 5. The van der Waals surface area contributed by atoms with Crippen LogP contribution >= 0.6 is 11.6 Å². The maximum atomic E-state index is 13.7. The summed E-state index contributed by atoms with van der Waals surface area (Å²) in [5.41, 5.74) is 1.74. The van der Waals surface area contributed by atoms with Crippen LogP contribution in [0.25, 0.3) is 0 Å². The Balaban J connectivity index is 0.000000212. The molecule has 2 aliphatic heterocycles. The number of alkyl halides is 2. The fourth-order valence-electron chi connectivity index (χ4n) is 4.62. The third-order valence-corrected chi connectivity index (χ3v) is 6.70. The maximum Gasteiger partial charge on any atom is 0.287 e. The van der Waals surface area contributed by atoms with E-state index in [1.165, 1.54) is 41.9 Å². The second kappa shape index (κ2) is 11.3. The number of carbonyl (C=O) groups is 3. The molecule has 206 valence electrons. The van der Waals surface area contributed by atoms with Crippen molar-refractivity contribution in [3.8, 4) is 0 Å². The number of amides is 3. The van der Waals surface area contributed by atoms with E-state index < -0.39 is 41.8 Å². The zero-order valence-electron chi connectivity index (χ0n) is 20.6. The molecule has 39 heavy (non-hydrogen) atoms. The Morgan fingerprint density at radius 3 is 2.49 bits per heavy atom. The number of imidazole rings is 1. The summed E-state index contributed by atoms with van der Waals surface area (Å²) in [4.78, 5) is 40.9. The van der Waals surface area contributed by atoms with Crippen molar-refractivity contribution in [3.63, 3.8) is 0 Å². The van der Waals surface area contributed by atoms with Gasteiger partial charge in [0.25, 0.3) is 5.91 Å². The molecule has 0 bridgehead atoms. The Morgan fingerprint density at radius 1 is 1.18 bits per heavy atom. The van der Waals surface area contributed by atoms with E-state index in [2.05, 4.69) is 20.9 Å². The van der Waals surface area contributed by atoms with E-state index in [9.17, 15) is 31.9 Å². The van der Waals surface area contributed by atoms with Gasteiger partial charge >= 0.3 is 0 Å². The van der Waals surface area contributed by atoms with Gasteiger partial charge in [0.05, 0.1) is 17.7 Å². The van der Waals surface area contributed by atoms with Gasteiger partial charge in [0, 0.05) is 36.9 Å². The lowest BCUT2D eigenvalue weighted by atomic mass is 10.0. The van der Waals surface area contributed by atoms with Gasteiger partial charge in [-0.1, -0.05) is 11.6 Å². The number of anilines is 2. The normalized spacial score (nSPS) is 17.5. The minimum absolute atomic E-state index is 0.0470. The van der Waals surface area contributed by atoms with E-state index in [-0.39, 0.29) is 35.3 Å². The third kappa shape index (κ3) is 5.53. The van der Waals surface area contributed by atoms with E-state index in [0.29, 0.717) is 23.4 Å². The standard InChI is InChI=1S/C15H13ClFN5O3.C10H10F3N/c1-18-15(25)14-21-13(19-6-23)12-11(20-10(24)5-22(12)14)8-4-7(17)2-3-9(8)16;1-14-5-8(10(12)13)7-4-6(11)2-3-9(7)14/h2-4,6,11H,5H2,1H3,(H,18,25)(H,19,23)(H,20,24);2-4,8,10H,5H2,1H3. The summed E-state index contributed by atoms with van der Waals surface area (Å²) in [5.74, 6) is -2.75. The van der Waals surface area contributed by atoms with Crippen LogP contribution in [0.15, 0.2) is 36.4 Å². The molecule has 0 saturated heterocycles. The van der Waals surface area contributed by atoms with Gasteiger partial charge in [-0.25, -0.2) is 22.5 Å². The minimum atomic E-state index is -2.43. The highest BCUT2D eigenvalue weighted by Gasteiger charge is 2.35. The Kier molecular flexibility index (Phi) is 8.09. The van der Waals surface area contributed by atoms with Crippen molar-refractivity contribution in [1.29, 1.82) is 0 Å². The zero-order valence-corrected chi connectivity index (χ0v) is 21.4. The van der Waals surface area contributed by atoms with Crippen LogP contribution in [-0.4, -0.2) is 54.8 Å². The highest BCUT2D eigenvalue weighted by atomic mass is 35.5. The van der Waals surface area contributed by atoms with Crippen LogP contribution in [0.5, 0.6) is 0 Å². The molecule has 9 nitrogen and oxygen atoms in total. The van der Waals surface area contributed by atoms with Crippen LogP contribution in [0.3, 0.4) is 0 Å². The number of halogens is 5. The number of fused-ring (bicyclic) bond motifs is 2. The maximum absolute atomic E-state index is 13.7. The van der Waals surface area contributed by atoms with Gasteiger partial charge in [0.1, 0.15) is 18.2 Å². The number of aromatic nitrogens is 2. The predicted octanol–water partition coefficient (Wildman–Crippen LogP) is 3.45. The van der Waals surface area contributed by atoms with E-state index in [1.807, 2.05) is 0 Å². The quantitative estimate of drug-likeness (QED) is 0.324. The fourth-order valence-corrected chi connectivity index (χ4v) is 4.85. The SMILES string of the molecule is CN1CC(C(F)F)c2cc(F)ccc21.CNC(=O)c1nc(NC=O)c2n1CC(=O)NC2c1cc(F)ccc1Cl. The van der Waals surface area contributed by atoms with E-state index in [0.717, 1.165) is 0 Å². The van der Waals surface area contributed by atoms with Gasteiger partial charge < -0.3 is 25.4 Å². The van der Waals surface area contributed by atoms with Crippen molar-refractivity contribution in [2.45, 2.75) is 24.9 Å². The molecular formula is C25H23ClF4N6O3. The number of hydrogen-bond acceptors (Lipinski definition) is 5. The third-order valence-electron chi connectivity index (χ3n) is 6.36. The minimum Gasteiger partial charge on any atom is -0.374 e. The van der Waals surface area contributed by atoms with Crippen LogP contribution in [0.4, 0.5) is 29.1 Å². The number of nitrogens with zero attached hydrogens (tertiary/aromatic N) is 3. The van der Waals surface area contributed by atoms with E-state index in [4.69, 9.17) is 11.6 Å². The Bertz CT molecular complexity index is 1430. The molecule has 3 heterocycles. The van der Waals surface area contributed by atoms with Crippen molar-refractivity contribution < 1.29 is 31.9 Å². The number of carbonyl (C=O) groups excluding carboxylic acids is 3. The Morgan fingerprint density at radius 2 is 1.85 bits per heavy atom. The summed E-state index contributed by atoms with van der Waals surface area (Å²) < 4.78 is 53.1. The first-order valence-corrected chi connectivity index (χ1v) is 12.0. The van der Waals surface area contributed by atoms with Crippen LogP contribution in [0.2, 0.25) is 5.02 Å². The molecule has 2 atom stereocenters. The summed E-state index contributed by atoms with van der Waals surface area (Å²) in [5, 5.41) is 7.73. The Labute approximate surface area is 225 Å². The summed E-state index contributed by atoms with van der Waals surface area (Å²) in [6.07, 6.45) is -2.03. The summed E-state index contributed by atoms with van der Waals surface area (Å²) in [7, 11) is 3.15. The molecule has 5 rings (SSSR count). The van der Waals surface area contributed by atoms with Crippen LogP contribution in [0, 0.1) is 11.6 Å². The van der Waals surface area contributed by atoms with Crippen molar-refractivity contribution in [2.75, 3.05) is 30.9 Å². The molecule has 3 N–H and O–H groups in total. The molecule has 0 saturated carbocycles. The average molecular weight is 567 g/mol. The van der Waals surface area contributed by atoms with Crippen molar-refractivity contribution in [1.82, 2.24) is 20.2 Å². The van der Waals surface area contributed by atoms with Gasteiger partial charge in [-0.3, -0.25) is 14.4 Å². The first kappa shape index (κ1) is 27.9. The lowest BCUT2D eigenvalue weighted by molar-refractivity contribution is -0.123. The molecule has 2 aromatic carbocycles. The summed E-state index contributed by atoms with van der Waals surface area (Å²) >= 11 is 6.15. The molecule has 0 spiro atoms. The second-order valence-electron chi connectivity index (χ2n) is 8.79. The lowest BCUT2D eigenvalue weighted by Crippen LogP contribution is -2.40. The monoisotopic (exact) mass is 566 g/mol. The van der Waals surface area contributed by atoms with Gasteiger partial charge in [-0.15, -0.1) is 0 Å². The molecule has 0 radical (unpaired) electrons. The molecule has 3 aromatic rings. The molecule has 1 aromatic heterocycles.